The van der Waals surface area contributed by atoms with Crippen molar-refractivity contribution in [1.82, 2.24) is 20.0 Å². The summed E-state index contributed by atoms with van der Waals surface area (Å²) in [6.07, 6.45) is 5.84. The van der Waals surface area contributed by atoms with Crippen LogP contribution in [0.4, 0.5) is 0 Å². The van der Waals surface area contributed by atoms with E-state index in [1.807, 2.05) is 6.92 Å². The molecule has 0 saturated carbocycles. The fourth-order valence-electron chi connectivity index (χ4n) is 1.61. The number of hydrogen-bond donors (Lipinski definition) is 2. The van der Waals surface area contributed by atoms with Gasteiger partial charge in [-0.15, -0.1) is 0 Å². The third-order valence-corrected chi connectivity index (χ3v) is 4.16. The Morgan fingerprint density at radius 2 is 1.95 bits per heavy atom. The zero-order valence-corrected chi connectivity index (χ0v) is 13.0. The van der Waals surface area contributed by atoms with Crippen LogP contribution in [0.5, 0.6) is 0 Å². The summed E-state index contributed by atoms with van der Waals surface area (Å²) in [5.41, 5.74) is 1.44. The molecule has 0 bridgehead atoms. The van der Waals surface area contributed by atoms with Crippen molar-refractivity contribution in [3.63, 3.8) is 0 Å². The second-order valence-corrected chi connectivity index (χ2v) is 6.67. The van der Waals surface area contributed by atoms with Gasteiger partial charge in [0.05, 0.1) is 29.9 Å². The van der Waals surface area contributed by atoms with Gasteiger partial charge >= 0.3 is 0 Å². The number of aryl methyl sites for hydroxylation is 1. The van der Waals surface area contributed by atoms with E-state index in [2.05, 4.69) is 26.9 Å². The van der Waals surface area contributed by atoms with Gasteiger partial charge < -0.3 is 5.32 Å². The summed E-state index contributed by atoms with van der Waals surface area (Å²) < 4.78 is 26.1. The summed E-state index contributed by atoms with van der Waals surface area (Å²) in [6, 6.07) is 0. The Morgan fingerprint density at radius 1 is 1.15 bits per heavy atom. The largest absolute Gasteiger partial charge is 0.317 e. The third-order valence-electron chi connectivity index (χ3n) is 2.75. The Balaban J connectivity index is 2.22. The number of aromatic nitrogens is 2. The van der Waals surface area contributed by atoms with Crippen LogP contribution in [-0.2, 0) is 16.6 Å². The number of sulfonamides is 1. The number of unbranched alkanes of at least 4 members (excludes halogenated alkanes) is 1. The van der Waals surface area contributed by atoms with E-state index in [4.69, 9.17) is 0 Å². The fraction of sp³-hybridized carbons (Fsp3) is 0.692. The van der Waals surface area contributed by atoms with E-state index in [0.29, 0.717) is 12.1 Å². The van der Waals surface area contributed by atoms with Gasteiger partial charge in [0.15, 0.2) is 0 Å². The molecule has 0 aromatic carbocycles. The molecule has 0 spiro atoms. The Kier molecular flexibility index (Phi) is 7.64. The molecule has 0 aliphatic heterocycles. The van der Waals surface area contributed by atoms with Crippen molar-refractivity contribution >= 4 is 10.0 Å². The lowest BCUT2D eigenvalue weighted by Gasteiger charge is -2.07. The highest BCUT2D eigenvalue weighted by Crippen LogP contribution is 1.98. The Bertz CT molecular complexity index is 474. The van der Waals surface area contributed by atoms with E-state index in [1.165, 1.54) is 0 Å². The molecule has 0 aliphatic rings. The van der Waals surface area contributed by atoms with E-state index in [1.54, 1.807) is 12.4 Å². The van der Waals surface area contributed by atoms with Gasteiger partial charge in [-0.2, -0.15) is 0 Å². The maximum atomic E-state index is 11.8. The maximum Gasteiger partial charge on any atom is 0.211 e. The van der Waals surface area contributed by atoms with Crippen molar-refractivity contribution in [1.29, 1.82) is 0 Å². The topological polar surface area (TPSA) is 84.0 Å². The molecule has 1 aromatic rings. The van der Waals surface area contributed by atoms with Gasteiger partial charge in [-0.05, 0) is 39.3 Å². The predicted octanol–water partition coefficient (Wildman–Crippen LogP) is 0.984. The van der Waals surface area contributed by atoms with E-state index in [9.17, 15) is 8.42 Å². The number of nitrogens with one attached hydrogen (secondary N) is 2. The first-order valence-corrected chi connectivity index (χ1v) is 8.64. The Labute approximate surface area is 121 Å². The van der Waals surface area contributed by atoms with E-state index in [-0.39, 0.29) is 12.3 Å². The van der Waals surface area contributed by atoms with Crippen LogP contribution in [0.2, 0.25) is 0 Å². The van der Waals surface area contributed by atoms with Gasteiger partial charge in [-0.25, -0.2) is 13.1 Å². The molecule has 1 heterocycles. The maximum absolute atomic E-state index is 11.8. The van der Waals surface area contributed by atoms with Gasteiger partial charge in [0.25, 0.3) is 0 Å². The van der Waals surface area contributed by atoms with E-state index < -0.39 is 10.0 Å². The fourth-order valence-corrected chi connectivity index (χ4v) is 2.71. The molecule has 0 radical (unpaired) electrons. The molecule has 1 rings (SSSR count). The van der Waals surface area contributed by atoms with Crippen molar-refractivity contribution in [3.05, 3.63) is 23.8 Å². The van der Waals surface area contributed by atoms with Crippen LogP contribution < -0.4 is 10.0 Å². The second kappa shape index (κ2) is 8.99. The van der Waals surface area contributed by atoms with Gasteiger partial charge in [-0.1, -0.05) is 6.92 Å². The van der Waals surface area contributed by atoms with Crippen molar-refractivity contribution in [2.45, 2.75) is 39.7 Å². The van der Waals surface area contributed by atoms with Gasteiger partial charge in [0.2, 0.25) is 10.0 Å². The van der Waals surface area contributed by atoms with Crippen LogP contribution in [0.3, 0.4) is 0 Å². The predicted molar refractivity (Wildman–Crippen MR) is 79.8 cm³/mol. The van der Waals surface area contributed by atoms with Gasteiger partial charge in [-0.3, -0.25) is 9.97 Å². The zero-order chi connectivity index (χ0) is 14.8. The molecule has 0 atom stereocenters. The molecular weight excluding hydrogens is 276 g/mol. The summed E-state index contributed by atoms with van der Waals surface area (Å²) in [5.74, 6) is 0.153. The highest BCUT2D eigenvalue weighted by atomic mass is 32.2. The SMILES string of the molecule is CCCNCCCCS(=O)(=O)NCc1cnc(C)cn1. The van der Waals surface area contributed by atoms with Crippen LogP contribution in [-0.4, -0.2) is 37.2 Å². The monoisotopic (exact) mass is 300 g/mol. The molecule has 0 fully saturated rings. The minimum absolute atomic E-state index is 0.153. The van der Waals surface area contributed by atoms with Crippen LogP contribution in [0, 0.1) is 6.92 Å². The van der Waals surface area contributed by atoms with Crippen molar-refractivity contribution in [2.75, 3.05) is 18.8 Å². The summed E-state index contributed by atoms with van der Waals surface area (Å²) in [7, 11) is -3.23. The lowest BCUT2D eigenvalue weighted by molar-refractivity contribution is 0.571. The van der Waals surface area contributed by atoms with E-state index in [0.717, 1.165) is 31.6 Å². The standard InChI is InChI=1S/C13H24N4O2S/c1-3-6-14-7-4-5-8-20(18,19)17-11-13-10-15-12(2)9-16-13/h9-10,14,17H,3-8,11H2,1-2H3. The molecule has 20 heavy (non-hydrogen) atoms. The molecule has 0 amide bonds. The van der Waals surface area contributed by atoms with Gasteiger partial charge in [0.1, 0.15) is 0 Å². The van der Waals surface area contributed by atoms with Crippen molar-refractivity contribution < 1.29 is 8.42 Å². The van der Waals surface area contributed by atoms with Crippen molar-refractivity contribution in [2.24, 2.45) is 0 Å². The molecule has 0 saturated heterocycles. The molecule has 0 unspecified atom stereocenters. The molecule has 6 nitrogen and oxygen atoms in total. The van der Waals surface area contributed by atoms with Crippen molar-refractivity contribution in [3.8, 4) is 0 Å². The summed E-state index contributed by atoms with van der Waals surface area (Å²) in [6.45, 7) is 6.00. The quantitative estimate of drug-likeness (QED) is 0.629. The summed E-state index contributed by atoms with van der Waals surface area (Å²) in [5, 5.41) is 3.25. The minimum Gasteiger partial charge on any atom is -0.317 e. The highest BCUT2D eigenvalue weighted by molar-refractivity contribution is 7.89. The number of hydrogen-bond acceptors (Lipinski definition) is 5. The minimum atomic E-state index is -3.23. The molecule has 0 aliphatic carbocycles. The molecular formula is C13H24N4O2S. The Hall–Kier alpha value is -1.05. The molecule has 2 N–H and O–H groups in total. The van der Waals surface area contributed by atoms with Crippen LogP contribution >= 0.6 is 0 Å². The highest BCUT2D eigenvalue weighted by Gasteiger charge is 2.09. The molecule has 114 valence electrons. The van der Waals surface area contributed by atoms with Crippen LogP contribution in [0.15, 0.2) is 12.4 Å². The van der Waals surface area contributed by atoms with E-state index >= 15 is 0 Å². The normalized spacial score (nSPS) is 11.7. The second-order valence-electron chi connectivity index (χ2n) is 4.75. The first-order valence-electron chi connectivity index (χ1n) is 6.99. The first kappa shape index (κ1) is 17.0. The first-order chi connectivity index (χ1) is 9.53. The number of nitrogens with zero attached hydrogens (tertiary/aromatic N) is 2. The molecule has 7 heteroatoms. The smallest absolute Gasteiger partial charge is 0.211 e. The third kappa shape index (κ3) is 7.52. The number of rotatable bonds is 10. The van der Waals surface area contributed by atoms with Crippen LogP contribution in [0.25, 0.3) is 0 Å². The zero-order valence-electron chi connectivity index (χ0n) is 12.2. The molecule has 1 aromatic heterocycles. The Morgan fingerprint density at radius 3 is 2.60 bits per heavy atom. The average Bonchev–Trinajstić information content (AvgIpc) is 2.42. The lowest BCUT2D eigenvalue weighted by atomic mass is 10.3. The lowest BCUT2D eigenvalue weighted by Crippen LogP contribution is -2.27. The summed E-state index contributed by atoms with van der Waals surface area (Å²) in [4.78, 5) is 8.19. The summed E-state index contributed by atoms with van der Waals surface area (Å²) >= 11 is 0. The van der Waals surface area contributed by atoms with Crippen LogP contribution in [0.1, 0.15) is 37.6 Å². The van der Waals surface area contributed by atoms with Gasteiger partial charge in [0, 0.05) is 6.20 Å². The average molecular weight is 300 g/mol.